The highest BCUT2D eigenvalue weighted by Gasteiger charge is 2.47. The second-order valence-corrected chi connectivity index (χ2v) is 6.43. The lowest BCUT2D eigenvalue weighted by molar-refractivity contribution is -0.0684. The fourth-order valence-corrected chi connectivity index (χ4v) is 3.81. The molecule has 3 nitrogen and oxygen atoms in total. The maximum absolute atomic E-state index is 6.32. The lowest BCUT2D eigenvalue weighted by Gasteiger charge is -2.52. The van der Waals surface area contributed by atoms with Crippen molar-refractivity contribution in [1.29, 1.82) is 0 Å². The Labute approximate surface area is 130 Å². The molecule has 2 aliphatic rings. The number of halogens is 1. The van der Waals surface area contributed by atoms with Gasteiger partial charge in [0.25, 0.3) is 0 Å². The van der Waals surface area contributed by atoms with Gasteiger partial charge in [-0.2, -0.15) is 0 Å². The Kier molecular flexibility index (Phi) is 3.55. The highest BCUT2D eigenvalue weighted by atomic mass is 35.5. The Hall–Kier alpha value is -1.00. The first-order valence-corrected chi connectivity index (χ1v) is 7.89. The molecule has 2 heterocycles. The molecule has 1 aromatic carbocycles. The predicted octanol–water partition coefficient (Wildman–Crippen LogP) is 3.87. The van der Waals surface area contributed by atoms with Crippen LogP contribution in [0, 0.1) is 0 Å². The minimum absolute atomic E-state index is 0.142. The summed E-state index contributed by atoms with van der Waals surface area (Å²) in [5.74, 6) is 0.868. The lowest BCUT2D eigenvalue weighted by Crippen LogP contribution is -2.64. The molecule has 0 saturated carbocycles. The van der Waals surface area contributed by atoms with Gasteiger partial charge in [-0.3, -0.25) is 0 Å². The number of thiocarbonyl (C=S) groups is 1. The van der Waals surface area contributed by atoms with E-state index in [4.69, 9.17) is 28.6 Å². The fourth-order valence-electron chi connectivity index (χ4n) is 3.09. The molecule has 0 aliphatic carbocycles. The van der Waals surface area contributed by atoms with Crippen LogP contribution in [0.4, 0.5) is 0 Å². The molecule has 20 heavy (non-hydrogen) atoms. The summed E-state index contributed by atoms with van der Waals surface area (Å²) >= 11 is 11.9. The molecule has 5 heteroatoms. The summed E-state index contributed by atoms with van der Waals surface area (Å²) in [6.45, 7) is 5.22. The fraction of sp³-hybridized carbons (Fsp3) is 0.533. The molecule has 1 saturated heterocycles. The SMILES string of the molecule is CCCCN1C(=S)NC2CC1(C)Oc1cccc(Cl)c12. The van der Waals surface area contributed by atoms with Crippen molar-refractivity contribution in [3.63, 3.8) is 0 Å². The average molecular weight is 311 g/mol. The molecule has 0 aromatic heterocycles. The van der Waals surface area contributed by atoms with E-state index in [9.17, 15) is 0 Å². The largest absolute Gasteiger partial charge is 0.468 e. The Morgan fingerprint density at radius 3 is 3.10 bits per heavy atom. The van der Waals surface area contributed by atoms with E-state index < -0.39 is 0 Å². The third-order valence-electron chi connectivity index (χ3n) is 4.12. The quantitative estimate of drug-likeness (QED) is 0.857. The van der Waals surface area contributed by atoms with Gasteiger partial charge in [-0.25, -0.2) is 0 Å². The maximum Gasteiger partial charge on any atom is 0.184 e. The molecular weight excluding hydrogens is 292 g/mol. The highest BCUT2D eigenvalue weighted by molar-refractivity contribution is 7.80. The van der Waals surface area contributed by atoms with E-state index >= 15 is 0 Å². The number of ether oxygens (including phenoxy) is 1. The van der Waals surface area contributed by atoms with Crippen LogP contribution in [0.25, 0.3) is 0 Å². The summed E-state index contributed by atoms with van der Waals surface area (Å²) < 4.78 is 6.27. The second-order valence-electron chi connectivity index (χ2n) is 5.64. The molecule has 3 rings (SSSR count). The van der Waals surface area contributed by atoms with Crippen molar-refractivity contribution < 1.29 is 4.74 Å². The van der Waals surface area contributed by atoms with Crippen LogP contribution in [0.2, 0.25) is 5.02 Å². The summed E-state index contributed by atoms with van der Waals surface area (Å²) in [7, 11) is 0. The van der Waals surface area contributed by atoms with E-state index in [1.807, 2.05) is 18.2 Å². The molecule has 0 radical (unpaired) electrons. The minimum Gasteiger partial charge on any atom is -0.468 e. The van der Waals surface area contributed by atoms with E-state index in [0.29, 0.717) is 0 Å². The number of benzene rings is 1. The Morgan fingerprint density at radius 1 is 1.55 bits per heavy atom. The zero-order chi connectivity index (χ0) is 14.3. The summed E-state index contributed by atoms with van der Waals surface area (Å²) in [6.07, 6.45) is 3.10. The normalized spacial score (nSPS) is 27.6. The lowest BCUT2D eigenvalue weighted by atomic mass is 9.90. The van der Waals surface area contributed by atoms with Gasteiger partial charge in [-0.05, 0) is 37.7 Å². The van der Waals surface area contributed by atoms with Crippen LogP contribution in [-0.2, 0) is 0 Å². The Bertz CT molecular complexity index is 551. The van der Waals surface area contributed by atoms with Crippen LogP contribution < -0.4 is 10.1 Å². The maximum atomic E-state index is 6.32. The molecule has 2 aliphatic heterocycles. The van der Waals surface area contributed by atoms with Gasteiger partial charge in [0.1, 0.15) is 5.75 Å². The number of hydrogen-bond acceptors (Lipinski definition) is 2. The number of unbranched alkanes of at least 4 members (excludes halogenated alkanes) is 1. The summed E-state index contributed by atoms with van der Waals surface area (Å²) in [5.41, 5.74) is 0.656. The van der Waals surface area contributed by atoms with Gasteiger partial charge in [0.15, 0.2) is 10.8 Å². The number of nitrogens with zero attached hydrogens (tertiary/aromatic N) is 1. The molecule has 2 unspecified atom stereocenters. The summed E-state index contributed by atoms with van der Waals surface area (Å²) in [6, 6.07) is 5.96. The number of fused-ring (bicyclic) bond motifs is 4. The van der Waals surface area contributed by atoms with Crippen molar-refractivity contribution in [2.45, 2.75) is 44.9 Å². The molecule has 1 aromatic rings. The highest BCUT2D eigenvalue weighted by Crippen LogP contribution is 2.46. The van der Waals surface area contributed by atoms with Crippen molar-refractivity contribution in [2.75, 3.05) is 6.54 Å². The van der Waals surface area contributed by atoms with E-state index in [1.54, 1.807) is 0 Å². The average Bonchev–Trinajstić information content (AvgIpc) is 2.37. The van der Waals surface area contributed by atoms with E-state index in [0.717, 1.165) is 47.3 Å². The smallest absolute Gasteiger partial charge is 0.184 e. The number of nitrogens with one attached hydrogen (secondary N) is 1. The van der Waals surface area contributed by atoms with Crippen LogP contribution >= 0.6 is 23.8 Å². The van der Waals surface area contributed by atoms with Crippen LogP contribution in [-0.4, -0.2) is 22.3 Å². The topological polar surface area (TPSA) is 24.5 Å². The zero-order valence-electron chi connectivity index (χ0n) is 11.8. The van der Waals surface area contributed by atoms with E-state index in [1.165, 1.54) is 0 Å². The molecule has 1 N–H and O–H groups in total. The number of hydrogen-bond donors (Lipinski definition) is 1. The van der Waals surface area contributed by atoms with Crippen molar-refractivity contribution in [3.05, 3.63) is 28.8 Å². The van der Waals surface area contributed by atoms with E-state index in [2.05, 4.69) is 24.1 Å². The molecule has 2 atom stereocenters. The number of rotatable bonds is 3. The van der Waals surface area contributed by atoms with E-state index in [-0.39, 0.29) is 11.8 Å². The van der Waals surface area contributed by atoms with Crippen molar-refractivity contribution in [2.24, 2.45) is 0 Å². The molecule has 108 valence electrons. The standard InChI is InChI=1S/C15H19ClN2OS/c1-3-4-8-18-14(20)17-11-9-15(18,2)19-12-7-5-6-10(16)13(11)12/h5-7,11H,3-4,8-9H2,1-2H3,(H,17,20). The monoisotopic (exact) mass is 310 g/mol. The Morgan fingerprint density at radius 2 is 2.35 bits per heavy atom. The third kappa shape index (κ3) is 2.15. The Balaban J connectivity index is 1.98. The van der Waals surface area contributed by atoms with Gasteiger partial charge in [-0.15, -0.1) is 0 Å². The van der Waals surface area contributed by atoms with Gasteiger partial charge in [0.2, 0.25) is 0 Å². The predicted molar refractivity (Wildman–Crippen MR) is 85.2 cm³/mol. The van der Waals surface area contributed by atoms with Crippen molar-refractivity contribution in [3.8, 4) is 5.75 Å². The van der Waals surface area contributed by atoms with Crippen molar-refractivity contribution in [1.82, 2.24) is 10.2 Å². The molecule has 1 fully saturated rings. The summed E-state index contributed by atoms with van der Waals surface area (Å²) in [5, 5.41) is 4.93. The second kappa shape index (κ2) is 5.08. The van der Waals surface area contributed by atoms with Crippen LogP contribution in [0.3, 0.4) is 0 Å². The summed E-state index contributed by atoms with van der Waals surface area (Å²) in [4.78, 5) is 2.17. The van der Waals surface area contributed by atoms with Crippen LogP contribution in [0.1, 0.15) is 44.7 Å². The van der Waals surface area contributed by atoms with Gasteiger partial charge in [0, 0.05) is 23.6 Å². The van der Waals surface area contributed by atoms with Crippen LogP contribution in [0.15, 0.2) is 18.2 Å². The van der Waals surface area contributed by atoms with Crippen molar-refractivity contribution >= 4 is 28.9 Å². The molecule has 0 amide bonds. The zero-order valence-corrected chi connectivity index (χ0v) is 13.4. The first-order valence-electron chi connectivity index (χ1n) is 7.11. The first kappa shape index (κ1) is 14.0. The molecule has 0 spiro atoms. The van der Waals surface area contributed by atoms with Gasteiger partial charge in [-0.1, -0.05) is 31.0 Å². The van der Waals surface area contributed by atoms with Gasteiger partial charge >= 0.3 is 0 Å². The van der Waals surface area contributed by atoms with Crippen LogP contribution in [0.5, 0.6) is 5.75 Å². The van der Waals surface area contributed by atoms with Gasteiger partial charge < -0.3 is 15.0 Å². The first-order chi connectivity index (χ1) is 9.55. The van der Waals surface area contributed by atoms with Gasteiger partial charge in [0.05, 0.1) is 6.04 Å². The molecular formula is C15H19ClN2OS. The third-order valence-corrected chi connectivity index (χ3v) is 4.79. The minimum atomic E-state index is -0.375. The molecule has 2 bridgehead atoms.